The van der Waals surface area contributed by atoms with E-state index in [1.54, 1.807) is 26.2 Å². The van der Waals surface area contributed by atoms with E-state index in [2.05, 4.69) is 12.2 Å². The molecule has 0 aromatic heterocycles. The Balaban J connectivity index is 2.73. The maximum Gasteiger partial charge on any atom is 0.251 e. The molecule has 2 N–H and O–H groups in total. The van der Waals surface area contributed by atoms with Gasteiger partial charge in [0.05, 0.1) is 12.6 Å². The summed E-state index contributed by atoms with van der Waals surface area (Å²) in [5.74, 6) is 0.0500. The molecular formula is C14H21NO3. The third-order valence-corrected chi connectivity index (χ3v) is 2.79. The molecule has 18 heavy (non-hydrogen) atoms. The lowest BCUT2D eigenvalue weighted by Gasteiger charge is -2.17. The zero-order chi connectivity index (χ0) is 13.5. The van der Waals surface area contributed by atoms with Crippen molar-refractivity contribution in [1.29, 1.82) is 0 Å². The van der Waals surface area contributed by atoms with Crippen molar-refractivity contribution in [3.05, 3.63) is 29.3 Å². The van der Waals surface area contributed by atoms with Crippen LogP contribution in [0.3, 0.4) is 0 Å². The van der Waals surface area contributed by atoms with E-state index in [4.69, 9.17) is 4.74 Å². The summed E-state index contributed by atoms with van der Waals surface area (Å²) in [6.07, 6.45) is 1.87. The topological polar surface area (TPSA) is 58.6 Å². The Hall–Kier alpha value is -1.55. The van der Waals surface area contributed by atoms with Crippen LogP contribution in [-0.4, -0.2) is 30.8 Å². The van der Waals surface area contributed by atoms with Crippen molar-refractivity contribution < 1.29 is 14.6 Å². The van der Waals surface area contributed by atoms with Crippen LogP contribution < -0.4 is 5.32 Å². The quantitative estimate of drug-likeness (QED) is 0.815. The van der Waals surface area contributed by atoms with Crippen LogP contribution in [0.5, 0.6) is 5.75 Å². The zero-order valence-electron chi connectivity index (χ0n) is 11.2. The van der Waals surface area contributed by atoms with E-state index in [1.165, 1.54) is 6.07 Å². The van der Waals surface area contributed by atoms with Crippen LogP contribution in [0.15, 0.2) is 18.2 Å². The fraction of sp³-hybridized carbons (Fsp3) is 0.500. The molecule has 1 atom stereocenters. The number of carbonyl (C=O) groups is 1. The van der Waals surface area contributed by atoms with Crippen molar-refractivity contribution in [2.24, 2.45) is 0 Å². The van der Waals surface area contributed by atoms with E-state index in [-0.39, 0.29) is 17.7 Å². The average molecular weight is 251 g/mol. The van der Waals surface area contributed by atoms with Crippen LogP contribution in [0.1, 0.15) is 35.7 Å². The van der Waals surface area contributed by atoms with E-state index in [0.29, 0.717) is 12.2 Å². The Kier molecular flexibility index (Phi) is 5.65. The summed E-state index contributed by atoms with van der Waals surface area (Å²) in [7, 11) is 1.63. The Labute approximate surface area is 108 Å². The number of methoxy groups -OCH3 is 1. The second-order valence-corrected chi connectivity index (χ2v) is 4.41. The number of aromatic hydroxyl groups is 1. The number of nitrogens with one attached hydrogen (secondary N) is 1. The number of hydrogen-bond donors (Lipinski definition) is 2. The molecule has 0 aliphatic carbocycles. The predicted molar refractivity (Wildman–Crippen MR) is 70.9 cm³/mol. The fourth-order valence-corrected chi connectivity index (χ4v) is 1.91. The molecular weight excluding hydrogens is 230 g/mol. The van der Waals surface area contributed by atoms with Crippen molar-refractivity contribution >= 4 is 5.91 Å². The summed E-state index contributed by atoms with van der Waals surface area (Å²) >= 11 is 0. The highest BCUT2D eigenvalue weighted by Crippen LogP contribution is 2.15. The summed E-state index contributed by atoms with van der Waals surface area (Å²) < 4.78 is 5.09. The summed E-state index contributed by atoms with van der Waals surface area (Å²) in [4.78, 5) is 12.1. The van der Waals surface area contributed by atoms with Gasteiger partial charge in [-0.25, -0.2) is 0 Å². The van der Waals surface area contributed by atoms with Crippen LogP contribution in [-0.2, 0) is 4.74 Å². The van der Waals surface area contributed by atoms with Gasteiger partial charge in [0.1, 0.15) is 5.75 Å². The molecule has 1 unspecified atom stereocenters. The van der Waals surface area contributed by atoms with Crippen LogP contribution in [0, 0.1) is 6.92 Å². The van der Waals surface area contributed by atoms with E-state index >= 15 is 0 Å². The monoisotopic (exact) mass is 251 g/mol. The van der Waals surface area contributed by atoms with Crippen LogP contribution in [0.25, 0.3) is 0 Å². The predicted octanol–water partition coefficient (Wildman–Crippen LogP) is 2.25. The molecule has 1 aromatic carbocycles. The number of rotatable bonds is 6. The number of phenolic OH excluding ortho intramolecular Hbond substituents is 1. The van der Waals surface area contributed by atoms with E-state index < -0.39 is 0 Å². The van der Waals surface area contributed by atoms with Gasteiger partial charge in [0.25, 0.3) is 5.91 Å². The van der Waals surface area contributed by atoms with E-state index in [1.807, 2.05) is 0 Å². The lowest BCUT2D eigenvalue weighted by Crippen LogP contribution is -2.38. The van der Waals surface area contributed by atoms with Gasteiger partial charge < -0.3 is 15.2 Å². The van der Waals surface area contributed by atoms with Crippen LogP contribution in [0.2, 0.25) is 0 Å². The standard InChI is InChI=1S/C14H21NO3/c1-4-5-11(9-18-3)15-14(17)13-7-6-12(16)8-10(13)2/h6-8,11,16H,4-5,9H2,1-3H3,(H,15,17). The molecule has 1 rings (SSSR count). The number of ether oxygens (including phenoxy) is 1. The summed E-state index contributed by atoms with van der Waals surface area (Å²) in [5, 5.41) is 12.3. The van der Waals surface area contributed by atoms with Crippen LogP contribution in [0.4, 0.5) is 0 Å². The minimum atomic E-state index is -0.122. The summed E-state index contributed by atoms with van der Waals surface area (Å²) in [6.45, 7) is 4.39. The van der Waals surface area contributed by atoms with Gasteiger partial charge in [0, 0.05) is 12.7 Å². The highest BCUT2D eigenvalue weighted by Gasteiger charge is 2.14. The summed E-state index contributed by atoms with van der Waals surface area (Å²) in [6, 6.07) is 4.77. The number of amides is 1. The van der Waals surface area contributed by atoms with Gasteiger partial charge in [-0.1, -0.05) is 13.3 Å². The molecule has 0 spiro atoms. The number of hydrogen-bond acceptors (Lipinski definition) is 3. The number of benzene rings is 1. The third kappa shape index (κ3) is 4.04. The number of phenols is 1. The first-order valence-electron chi connectivity index (χ1n) is 6.17. The fourth-order valence-electron chi connectivity index (χ4n) is 1.91. The molecule has 0 fully saturated rings. The third-order valence-electron chi connectivity index (χ3n) is 2.79. The molecule has 0 saturated heterocycles. The van der Waals surface area contributed by atoms with Gasteiger partial charge in [-0.3, -0.25) is 4.79 Å². The molecule has 0 heterocycles. The molecule has 0 radical (unpaired) electrons. The molecule has 4 nitrogen and oxygen atoms in total. The molecule has 1 aromatic rings. The van der Waals surface area contributed by atoms with Crippen LogP contribution >= 0.6 is 0 Å². The Morgan fingerprint density at radius 1 is 1.50 bits per heavy atom. The average Bonchev–Trinajstić information content (AvgIpc) is 2.29. The Morgan fingerprint density at radius 3 is 2.78 bits per heavy atom. The Morgan fingerprint density at radius 2 is 2.22 bits per heavy atom. The van der Waals surface area contributed by atoms with Crippen molar-refractivity contribution in [3.8, 4) is 5.75 Å². The van der Waals surface area contributed by atoms with Gasteiger partial charge in [-0.2, -0.15) is 0 Å². The first-order valence-corrected chi connectivity index (χ1v) is 6.17. The zero-order valence-corrected chi connectivity index (χ0v) is 11.2. The molecule has 4 heteroatoms. The molecule has 1 amide bonds. The molecule has 100 valence electrons. The highest BCUT2D eigenvalue weighted by atomic mass is 16.5. The second kappa shape index (κ2) is 7.01. The largest absolute Gasteiger partial charge is 0.508 e. The van der Waals surface area contributed by atoms with Crippen molar-refractivity contribution in [2.75, 3.05) is 13.7 Å². The second-order valence-electron chi connectivity index (χ2n) is 4.41. The van der Waals surface area contributed by atoms with Gasteiger partial charge in [0.15, 0.2) is 0 Å². The molecule has 0 aliphatic heterocycles. The molecule has 0 bridgehead atoms. The first kappa shape index (κ1) is 14.5. The molecule has 0 saturated carbocycles. The first-order chi connectivity index (χ1) is 8.58. The Bertz CT molecular complexity index is 398. The van der Waals surface area contributed by atoms with Gasteiger partial charge in [-0.05, 0) is 37.1 Å². The van der Waals surface area contributed by atoms with E-state index in [0.717, 1.165) is 18.4 Å². The van der Waals surface area contributed by atoms with Gasteiger partial charge >= 0.3 is 0 Å². The van der Waals surface area contributed by atoms with Crippen molar-refractivity contribution in [3.63, 3.8) is 0 Å². The molecule has 0 aliphatic rings. The van der Waals surface area contributed by atoms with Gasteiger partial charge in [0.2, 0.25) is 0 Å². The summed E-state index contributed by atoms with van der Waals surface area (Å²) in [5.41, 5.74) is 1.35. The maximum absolute atomic E-state index is 12.1. The number of aryl methyl sites for hydroxylation is 1. The van der Waals surface area contributed by atoms with E-state index in [9.17, 15) is 9.90 Å². The maximum atomic E-state index is 12.1. The normalized spacial score (nSPS) is 12.2. The smallest absolute Gasteiger partial charge is 0.251 e. The minimum Gasteiger partial charge on any atom is -0.508 e. The SMILES string of the molecule is CCCC(COC)NC(=O)c1ccc(O)cc1C. The van der Waals surface area contributed by atoms with Gasteiger partial charge in [-0.15, -0.1) is 0 Å². The lowest BCUT2D eigenvalue weighted by atomic mass is 10.1. The van der Waals surface area contributed by atoms with Crippen molar-refractivity contribution in [2.45, 2.75) is 32.7 Å². The number of carbonyl (C=O) groups excluding carboxylic acids is 1. The minimum absolute atomic E-state index is 0.0284. The lowest BCUT2D eigenvalue weighted by molar-refractivity contribution is 0.0891. The van der Waals surface area contributed by atoms with Crippen molar-refractivity contribution in [1.82, 2.24) is 5.32 Å². The highest BCUT2D eigenvalue weighted by molar-refractivity contribution is 5.95.